The first-order valence-electron chi connectivity index (χ1n) is 10.5. The van der Waals surface area contributed by atoms with Gasteiger partial charge in [-0.2, -0.15) is 0 Å². The molecule has 2 fully saturated rings. The lowest BCUT2D eigenvalue weighted by Crippen LogP contribution is -2.50. The fourth-order valence-corrected chi connectivity index (χ4v) is 4.58. The minimum atomic E-state index is -0.561. The third kappa shape index (κ3) is 4.22. The van der Waals surface area contributed by atoms with E-state index in [-0.39, 0.29) is 17.9 Å². The maximum atomic E-state index is 14.1. The largest absolute Gasteiger partial charge is 0.466 e. The Labute approximate surface area is 165 Å². The molecule has 6 heteroatoms. The average Bonchev–Trinajstić information content (AvgIpc) is 3.38. The number of halogens is 1. The summed E-state index contributed by atoms with van der Waals surface area (Å²) in [6.45, 7) is 5.06. The summed E-state index contributed by atoms with van der Waals surface area (Å²) in [5.41, 5.74) is 0.538. The maximum Gasteiger partial charge on any atom is 0.313 e. The van der Waals surface area contributed by atoms with Crippen LogP contribution in [0.4, 0.5) is 4.39 Å². The fourth-order valence-electron chi connectivity index (χ4n) is 4.58. The summed E-state index contributed by atoms with van der Waals surface area (Å²) in [5.74, 6) is 0.369. The molecule has 5 nitrogen and oxygen atoms in total. The van der Waals surface area contributed by atoms with Crippen LogP contribution in [-0.2, 0) is 14.4 Å². The van der Waals surface area contributed by atoms with Crippen LogP contribution in [0.1, 0.15) is 51.0 Å². The summed E-state index contributed by atoms with van der Waals surface area (Å²) >= 11 is 0. The number of nitrogens with zero attached hydrogens (tertiary/aromatic N) is 2. The third-order valence-corrected chi connectivity index (χ3v) is 6.11. The Morgan fingerprint density at radius 2 is 2.21 bits per heavy atom. The van der Waals surface area contributed by atoms with Crippen molar-refractivity contribution in [1.82, 2.24) is 4.90 Å². The molecule has 0 aromatic heterocycles. The summed E-state index contributed by atoms with van der Waals surface area (Å²) in [7, 11) is 0. The molecule has 1 aliphatic carbocycles. The van der Waals surface area contributed by atoms with Gasteiger partial charge in [0.05, 0.1) is 17.7 Å². The zero-order valence-corrected chi connectivity index (χ0v) is 16.5. The molecular formula is C22H29FN2O3. The van der Waals surface area contributed by atoms with Gasteiger partial charge in [0.25, 0.3) is 0 Å². The number of carbonyl (C=O) groups is 1. The van der Waals surface area contributed by atoms with Gasteiger partial charge in [-0.25, -0.2) is 4.39 Å². The normalized spacial score (nSPS) is 27.9. The third-order valence-electron chi connectivity index (χ3n) is 6.11. The molecule has 0 amide bonds. The maximum absolute atomic E-state index is 14.1. The highest BCUT2D eigenvalue weighted by atomic mass is 19.1. The molecule has 0 radical (unpaired) electrons. The van der Waals surface area contributed by atoms with Gasteiger partial charge in [0.2, 0.25) is 0 Å². The van der Waals surface area contributed by atoms with Gasteiger partial charge in [0, 0.05) is 31.5 Å². The number of piperidine rings is 1. The number of oxime groups is 1. The second-order valence-electron chi connectivity index (χ2n) is 8.44. The molecule has 1 aromatic carbocycles. The van der Waals surface area contributed by atoms with Crippen molar-refractivity contribution in [3.05, 3.63) is 35.6 Å². The molecule has 0 bridgehead atoms. The molecule has 28 heavy (non-hydrogen) atoms. The Hall–Kier alpha value is -1.95. The Bertz CT molecular complexity index is 749. The van der Waals surface area contributed by atoms with Gasteiger partial charge < -0.3 is 14.5 Å². The molecule has 2 unspecified atom stereocenters. The second-order valence-corrected chi connectivity index (χ2v) is 8.44. The number of carbonyl (C=O) groups excluding carboxylic acids is 1. The van der Waals surface area contributed by atoms with Crippen molar-refractivity contribution in [2.45, 2.75) is 51.6 Å². The highest BCUT2D eigenvalue weighted by molar-refractivity contribution is 6.01. The first-order valence-corrected chi connectivity index (χ1v) is 10.5. The van der Waals surface area contributed by atoms with Crippen molar-refractivity contribution in [2.24, 2.45) is 16.5 Å². The van der Waals surface area contributed by atoms with E-state index in [9.17, 15) is 9.18 Å². The van der Waals surface area contributed by atoms with Crippen LogP contribution in [0.15, 0.2) is 29.4 Å². The first kappa shape index (κ1) is 19.4. The summed E-state index contributed by atoms with van der Waals surface area (Å²) in [6, 6.07) is 6.62. The van der Waals surface area contributed by atoms with Crippen LogP contribution in [0, 0.1) is 17.2 Å². The number of esters is 1. The average molecular weight is 388 g/mol. The molecule has 0 N–H and O–H groups in total. The molecule has 1 saturated heterocycles. The standard InChI is InChI=1S/C22H29FN2O3/c1-2-27-21(26)22(10-5-11-25(15-22)14-16-8-9-16)13-17-12-20(24-28-17)18-6-3-4-7-19(18)23/h3-4,6-7,16-17H,2,5,8-15H2,1H3. The summed E-state index contributed by atoms with van der Waals surface area (Å²) in [4.78, 5) is 21.0. The zero-order chi connectivity index (χ0) is 19.6. The van der Waals surface area contributed by atoms with Crippen molar-refractivity contribution in [2.75, 3.05) is 26.2 Å². The molecule has 2 aliphatic heterocycles. The van der Waals surface area contributed by atoms with E-state index in [1.54, 1.807) is 18.2 Å². The van der Waals surface area contributed by atoms with Crippen molar-refractivity contribution < 1.29 is 18.8 Å². The highest BCUT2D eigenvalue weighted by Crippen LogP contribution is 2.40. The van der Waals surface area contributed by atoms with E-state index in [0.29, 0.717) is 30.7 Å². The van der Waals surface area contributed by atoms with Crippen molar-refractivity contribution >= 4 is 11.7 Å². The van der Waals surface area contributed by atoms with Gasteiger partial charge in [-0.05, 0) is 51.1 Å². The molecular weight excluding hydrogens is 359 g/mol. The molecule has 1 saturated carbocycles. The Morgan fingerprint density at radius 1 is 1.39 bits per heavy atom. The molecule has 2 heterocycles. The minimum absolute atomic E-state index is 0.126. The number of likely N-dealkylation sites (tertiary alicyclic amines) is 1. The minimum Gasteiger partial charge on any atom is -0.466 e. The van der Waals surface area contributed by atoms with Gasteiger partial charge in [-0.1, -0.05) is 23.4 Å². The zero-order valence-electron chi connectivity index (χ0n) is 16.5. The van der Waals surface area contributed by atoms with Crippen molar-refractivity contribution in [3.63, 3.8) is 0 Å². The van der Waals surface area contributed by atoms with Gasteiger partial charge in [0.15, 0.2) is 0 Å². The summed E-state index contributed by atoms with van der Waals surface area (Å²) in [6.07, 6.45) is 5.25. The van der Waals surface area contributed by atoms with Crippen molar-refractivity contribution in [1.29, 1.82) is 0 Å². The summed E-state index contributed by atoms with van der Waals surface area (Å²) < 4.78 is 19.6. The fraction of sp³-hybridized carbons (Fsp3) is 0.636. The second kappa shape index (κ2) is 8.19. The van der Waals surface area contributed by atoms with Crippen LogP contribution in [0.25, 0.3) is 0 Å². The number of ether oxygens (including phenoxy) is 1. The van der Waals surface area contributed by atoms with Crippen LogP contribution in [0.5, 0.6) is 0 Å². The monoisotopic (exact) mass is 388 g/mol. The molecule has 2 atom stereocenters. The summed E-state index contributed by atoms with van der Waals surface area (Å²) in [5, 5.41) is 4.14. The number of hydrogen-bond acceptors (Lipinski definition) is 5. The SMILES string of the molecule is CCOC(=O)C1(CC2CC(c3ccccc3F)=NO2)CCCN(CC2CC2)C1. The number of benzene rings is 1. The van der Waals surface area contributed by atoms with E-state index in [1.165, 1.54) is 18.9 Å². The van der Waals surface area contributed by atoms with Crippen LogP contribution in [-0.4, -0.2) is 48.9 Å². The van der Waals surface area contributed by atoms with E-state index in [0.717, 1.165) is 38.4 Å². The van der Waals surface area contributed by atoms with E-state index >= 15 is 0 Å². The molecule has 4 rings (SSSR count). The van der Waals surface area contributed by atoms with Gasteiger partial charge in [0.1, 0.15) is 11.9 Å². The quantitative estimate of drug-likeness (QED) is 0.668. The first-order chi connectivity index (χ1) is 13.6. The Morgan fingerprint density at radius 3 is 2.96 bits per heavy atom. The molecule has 0 spiro atoms. The van der Waals surface area contributed by atoms with E-state index < -0.39 is 5.41 Å². The smallest absolute Gasteiger partial charge is 0.313 e. The number of rotatable bonds is 7. The van der Waals surface area contributed by atoms with Gasteiger partial charge >= 0.3 is 5.97 Å². The van der Waals surface area contributed by atoms with Gasteiger partial charge in [-0.15, -0.1) is 0 Å². The lowest BCUT2D eigenvalue weighted by atomic mass is 9.74. The predicted octanol–water partition coefficient (Wildman–Crippen LogP) is 3.76. The lowest BCUT2D eigenvalue weighted by Gasteiger charge is -2.41. The predicted molar refractivity (Wildman–Crippen MR) is 105 cm³/mol. The molecule has 1 aromatic rings. The number of hydrogen-bond donors (Lipinski definition) is 0. The van der Waals surface area contributed by atoms with Crippen molar-refractivity contribution in [3.8, 4) is 0 Å². The van der Waals surface area contributed by atoms with Gasteiger partial charge in [-0.3, -0.25) is 4.79 Å². The van der Waals surface area contributed by atoms with Crippen LogP contribution >= 0.6 is 0 Å². The highest BCUT2D eigenvalue weighted by Gasteiger charge is 2.47. The van der Waals surface area contributed by atoms with Crippen LogP contribution in [0.2, 0.25) is 0 Å². The van der Waals surface area contributed by atoms with E-state index in [2.05, 4.69) is 10.1 Å². The molecule has 152 valence electrons. The molecule has 3 aliphatic rings. The van der Waals surface area contributed by atoms with E-state index in [4.69, 9.17) is 9.57 Å². The topological polar surface area (TPSA) is 51.1 Å². The van der Waals surface area contributed by atoms with E-state index in [1.807, 2.05) is 6.92 Å². The Balaban J connectivity index is 1.46. The van der Waals surface area contributed by atoms with Crippen LogP contribution in [0.3, 0.4) is 0 Å². The lowest BCUT2D eigenvalue weighted by molar-refractivity contribution is -0.162. The van der Waals surface area contributed by atoms with Crippen LogP contribution < -0.4 is 0 Å². The Kier molecular flexibility index (Phi) is 5.67.